The molecule has 0 radical (unpaired) electrons. The van der Waals surface area contributed by atoms with Crippen molar-refractivity contribution in [1.82, 2.24) is 9.97 Å². The largest absolute Gasteiger partial charge is 0.245 e. The van der Waals surface area contributed by atoms with Gasteiger partial charge < -0.3 is 0 Å². The second-order valence-electron chi connectivity index (χ2n) is 3.41. The molecule has 0 N–H and O–H groups in total. The maximum atomic E-state index is 3.99. The van der Waals surface area contributed by atoms with Crippen LogP contribution in [-0.4, -0.2) is 9.97 Å². The van der Waals surface area contributed by atoms with Gasteiger partial charge in [-0.25, -0.2) is 9.97 Å². The number of hydrogen-bond donors (Lipinski definition) is 0. The van der Waals surface area contributed by atoms with Crippen LogP contribution in [0.2, 0.25) is 0 Å². The van der Waals surface area contributed by atoms with Crippen LogP contribution in [0, 0.1) is 6.92 Å². The van der Waals surface area contributed by atoms with E-state index < -0.39 is 0 Å². The lowest BCUT2D eigenvalue weighted by Gasteiger charge is -2.00. The minimum absolute atomic E-state index is 0.904. The molecule has 0 aliphatic heterocycles. The molecule has 0 aliphatic rings. The first-order valence-corrected chi connectivity index (χ1v) is 4.64. The highest BCUT2D eigenvalue weighted by atomic mass is 14.8. The lowest BCUT2D eigenvalue weighted by Crippen LogP contribution is -1.90. The van der Waals surface area contributed by atoms with E-state index in [9.17, 15) is 0 Å². The Bertz CT molecular complexity index is 392. The summed E-state index contributed by atoms with van der Waals surface area (Å²) in [4.78, 5) is 7.97. The zero-order chi connectivity index (χ0) is 9.80. The van der Waals surface area contributed by atoms with E-state index >= 15 is 0 Å². The van der Waals surface area contributed by atoms with Gasteiger partial charge in [-0.05, 0) is 18.1 Å². The van der Waals surface area contributed by atoms with E-state index in [0.717, 1.165) is 12.0 Å². The number of rotatable bonds is 2. The van der Waals surface area contributed by atoms with Crippen LogP contribution in [0.3, 0.4) is 0 Å². The predicted molar refractivity (Wildman–Crippen MR) is 56.0 cm³/mol. The van der Waals surface area contributed by atoms with Crippen LogP contribution in [0.1, 0.15) is 16.7 Å². The number of nitrogens with zero attached hydrogens (tertiary/aromatic N) is 2. The molecule has 14 heavy (non-hydrogen) atoms. The minimum Gasteiger partial charge on any atom is -0.245 e. The molecule has 2 aromatic rings. The third kappa shape index (κ3) is 2.16. The average Bonchev–Trinajstić information content (AvgIpc) is 2.23. The van der Waals surface area contributed by atoms with Gasteiger partial charge in [0.2, 0.25) is 0 Å². The number of aromatic nitrogens is 2. The summed E-state index contributed by atoms with van der Waals surface area (Å²) in [5, 5.41) is 0. The Kier molecular flexibility index (Phi) is 2.54. The fourth-order valence-corrected chi connectivity index (χ4v) is 1.36. The minimum atomic E-state index is 0.904. The van der Waals surface area contributed by atoms with Crippen molar-refractivity contribution < 1.29 is 0 Å². The molecule has 0 amide bonds. The zero-order valence-electron chi connectivity index (χ0n) is 8.14. The number of aryl methyl sites for hydroxylation is 1. The van der Waals surface area contributed by atoms with Crippen molar-refractivity contribution in [2.75, 3.05) is 0 Å². The Morgan fingerprint density at radius 1 is 0.929 bits per heavy atom. The van der Waals surface area contributed by atoms with Gasteiger partial charge in [0.15, 0.2) is 0 Å². The van der Waals surface area contributed by atoms with E-state index in [2.05, 4.69) is 41.2 Å². The molecule has 1 aromatic heterocycles. The molecule has 2 nitrogen and oxygen atoms in total. The zero-order valence-corrected chi connectivity index (χ0v) is 8.14. The van der Waals surface area contributed by atoms with Gasteiger partial charge in [-0.15, -0.1) is 0 Å². The van der Waals surface area contributed by atoms with Crippen molar-refractivity contribution in [2.45, 2.75) is 13.3 Å². The second kappa shape index (κ2) is 4.01. The summed E-state index contributed by atoms with van der Waals surface area (Å²) >= 11 is 0. The van der Waals surface area contributed by atoms with Crippen molar-refractivity contribution >= 4 is 0 Å². The summed E-state index contributed by atoms with van der Waals surface area (Å²) < 4.78 is 0. The lowest BCUT2D eigenvalue weighted by molar-refractivity contribution is 1.07. The van der Waals surface area contributed by atoms with Crippen molar-refractivity contribution in [2.24, 2.45) is 0 Å². The molecule has 2 rings (SSSR count). The first-order chi connectivity index (χ1) is 6.84. The Morgan fingerprint density at radius 2 is 1.57 bits per heavy atom. The molecule has 1 heterocycles. The topological polar surface area (TPSA) is 25.8 Å². The summed E-state index contributed by atoms with van der Waals surface area (Å²) in [6.07, 6.45) is 6.17. The van der Waals surface area contributed by atoms with Crippen LogP contribution in [0.15, 0.2) is 43.0 Å². The summed E-state index contributed by atoms with van der Waals surface area (Å²) in [7, 11) is 0. The third-order valence-corrected chi connectivity index (χ3v) is 2.14. The normalized spacial score (nSPS) is 10.1. The maximum absolute atomic E-state index is 3.99. The second-order valence-corrected chi connectivity index (χ2v) is 3.41. The van der Waals surface area contributed by atoms with E-state index in [-0.39, 0.29) is 0 Å². The number of benzene rings is 1. The van der Waals surface area contributed by atoms with E-state index in [1.807, 2.05) is 12.4 Å². The van der Waals surface area contributed by atoms with Crippen LogP contribution in [0.25, 0.3) is 0 Å². The van der Waals surface area contributed by atoms with E-state index in [4.69, 9.17) is 0 Å². The summed E-state index contributed by atoms with van der Waals surface area (Å²) in [5.41, 5.74) is 3.74. The van der Waals surface area contributed by atoms with Crippen LogP contribution in [0.5, 0.6) is 0 Å². The molecule has 2 heteroatoms. The molecule has 70 valence electrons. The SMILES string of the molecule is Cc1ccc(Cc2cncnc2)cc1. The van der Waals surface area contributed by atoms with E-state index in [1.54, 1.807) is 6.33 Å². The van der Waals surface area contributed by atoms with Crippen LogP contribution >= 0.6 is 0 Å². The summed E-state index contributed by atoms with van der Waals surface area (Å²) in [5.74, 6) is 0. The van der Waals surface area contributed by atoms with Gasteiger partial charge in [0.05, 0.1) is 0 Å². The quantitative estimate of drug-likeness (QED) is 0.716. The van der Waals surface area contributed by atoms with Gasteiger partial charge in [-0.3, -0.25) is 0 Å². The number of hydrogen-bond acceptors (Lipinski definition) is 2. The Morgan fingerprint density at radius 3 is 2.21 bits per heavy atom. The lowest BCUT2D eigenvalue weighted by atomic mass is 10.1. The first kappa shape index (κ1) is 8.88. The third-order valence-electron chi connectivity index (χ3n) is 2.14. The molecule has 0 bridgehead atoms. The van der Waals surface area contributed by atoms with Gasteiger partial charge in [-0.2, -0.15) is 0 Å². The Balaban J connectivity index is 2.16. The van der Waals surface area contributed by atoms with Crippen molar-refractivity contribution in [1.29, 1.82) is 0 Å². The molecule has 0 fully saturated rings. The molecular formula is C12H12N2. The summed E-state index contributed by atoms with van der Waals surface area (Å²) in [6, 6.07) is 8.53. The van der Waals surface area contributed by atoms with Crippen LogP contribution in [0.4, 0.5) is 0 Å². The molecule has 0 unspecified atom stereocenters. The first-order valence-electron chi connectivity index (χ1n) is 4.64. The highest BCUT2D eigenvalue weighted by molar-refractivity contribution is 5.25. The van der Waals surface area contributed by atoms with Crippen LogP contribution < -0.4 is 0 Å². The van der Waals surface area contributed by atoms with Crippen molar-refractivity contribution in [3.8, 4) is 0 Å². The van der Waals surface area contributed by atoms with Gasteiger partial charge in [0.1, 0.15) is 6.33 Å². The molecule has 1 aromatic carbocycles. The predicted octanol–water partition coefficient (Wildman–Crippen LogP) is 2.38. The average molecular weight is 184 g/mol. The molecule has 0 saturated carbocycles. The fraction of sp³-hybridized carbons (Fsp3) is 0.167. The van der Waals surface area contributed by atoms with E-state index in [1.165, 1.54) is 11.1 Å². The van der Waals surface area contributed by atoms with Gasteiger partial charge >= 0.3 is 0 Å². The van der Waals surface area contributed by atoms with Gasteiger partial charge in [0.25, 0.3) is 0 Å². The van der Waals surface area contributed by atoms with Crippen LogP contribution in [-0.2, 0) is 6.42 Å². The van der Waals surface area contributed by atoms with Crippen molar-refractivity contribution in [3.05, 3.63) is 59.7 Å². The maximum Gasteiger partial charge on any atom is 0.115 e. The molecular weight excluding hydrogens is 172 g/mol. The van der Waals surface area contributed by atoms with Crippen molar-refractivity contribution in [3.63, 3.8) is 0 Å². The Hall–Kier alpha value is -1.70. The standard InChI is InChI=1S/C12H12N2/c1-10-2-4-11(5-3-10)6-12-7-13-9-14-8-12/h2-5,7-9H,6H2,1H3. The Labute approximate surface area is 83.7 Å². The summed E-state index contributed by atoms with van der Waals surface area (Å²) in [6.45, 7) is 2.09. The highest BCUT2D eigenvalue weighted by Gasteiger charge is 1.95. The highest BCUT2D eigenvalue weighted by Crippen LogP contribution is 2.08. The smallest absolute Gasteiger partial charge is 0.115 e. The van der Waals surface area contributed by atoms with Gasteiger partial charge in [0, 0.05) is 18.8 Å². The molecule has 0 aliphatic carbocycles. The monoisotopic (exact) mass is 184 g/mol. The van der Waals surface area contributed by atoms with E-state index in [0.29, 0.717) is 0 Å². The fourth-order valence-electron chi connectivity index (χ4n) is 1.36. The molecule has 0 atom stereocenters. The molecule has 0 spiro atoms. The van der Waals surface area contributed by atoms with Gasteiger partial charge in [-0.1, -0.05) is 29.8 Å². The molecule has 0 saturated heterocycles.